The Labute approximate surface area is 209 Å². The zero-order valence-electron chi connectivity index (χ0n) is 19.7. The van der Waals surface area contributed by atoms with Gasteiger partial charge in [-0.05, 0) is 72.5 Å². The van der Waals surface area contributed by atoms with Gasteiger partial charge in [0.25, 0.3) is 0 Å². The van der Waals surface area contributed by atoms with E-state index in [1.54, 1.807) is 0 Å². The fraction of sp³-hybridized carbons (Fsp3) is 0.0625. The molecule has 0 amide bonds. The lowest BCUT2D eigenvalue weighted by Gasteiger charge is -2.28. The van der Waals surface area contributed by atoms with Crippen LogP contribution >= 0.6 is 8.58 Å². The number of hydrogen-bond donors (Lipinski definition) is 1. The molecule has 0 saturated carbocycles. The van der Waals surface area contributed by atoms with Crippen molar-refractivity contribution in [1.82, 2.24) is 0 Å². The summed E-state index contributed by atoms with van der Waals surface area (Å²) in [5, 5.41) is 12.9. The Hall–Kier alpha value is -3.87. The van der Waals surface area contributed by atoms with E-state index in [-0.39, 0.29) is 0 Å². The maximum atomic E-state index is 10.8. The van der Waals surface area contributed by atoms with Gasteiger partial charge in [-0.25, -0.2) is 0 Å². The van der Waals surface area contributed by atoms with E-state index >= 15 is 0 Å². The van der Waals surface area contributed by atoms with E-state index in [0.29, 0.717) is 14.3 Å². The highest BCUT2D eigenvalue weighted by Gasteiger charge is 2.17. The Kier molecular flexibility index (Phi) is 6.93. The van der Waals surface area contributed by atoms with Crippen molar-refractivity contribution in [2.75, 3.05) is 4.90 Å². The zero-order chi connectivity index (χ0) is 24.0. The summed E-state index contributed by atoms with van der Waals surface area (Å²) in [7, 11) is 0.319. The average Bonchev–Trinajstić information content (AvgIpc) is 2.89. The lowest BCUT2D eigenvalue weighted by Crippen LogP contribution is -2.18. The number of aryl methyl sites for hydroxylation is 1. The molecule has 5 aromatic carbocycles. The van der Waals surface area contributed by atoms with Gasteiger partial charge >= 0.3 is 0 Å². The third-order valence-electron chi connectivity index (χ3n) is 6.00. The molecule has 172 valence electrons. The van der Waals surface area contributed by atoms with Gasteiger partial charge in [-0.2, -0.15) is 0 Å². The largest absolute Gasteiger partial charge is 0.507 e. The van der Waals surface area contributed by atoms with Crippen LogP contribution in [0.15, 0.2) is 127 Å². The van der Waals surface area contributed by atoms with E-state index in [2.05, 4.69) is 109 Å². The van der Waals surface area contributed by atoms with E-state index in [1.165, 1.54) is 22.0 Å². The van der Waals surface area contributed by atoms with Gasteiger partial charge < -0.3 is 10.0 Å². The first-order valence-electron chi connectivity index (χ1n) is 11.8. The van der Waals surface area contributed by atoms with Crippen LogP contribution in [0.2, 0.25) is 0 Å². The van der Waals surface area contributed by atoms with Gasteiger partial charge in [0.15, 0.2) is 0 Å². The summed E-state index contributed by atoms with van der Waals surface area (Å²) in [5.41, 5.74) is 7.02. The molecule has 1 atom stereocenters. The molecule has 0 aromatic heterocycles. The second-order valence-corrected chi connectivity index (χ2v) is 9.99. The number of rotatable bonds is 7. The van der Waals surface area contributed by atoms with Crippen LogP contribution in [0.1, 0.15) is 16.7 Å². The summed E-state index contributed by atoms with van der Waals surface area (Å²) in [6.45, 7) is 2.13. The molecule has 0 aliphatic rings. The minimum atomic E-state index is 0.319. The summed E-state index contributed by atoms with van der Waals surface area (Å²) >= 11 is 0. The number of para-hydroxylation sites is 2. The zero-order valence-corrected chi connectivity index (χ0v) is 20.7. The standard InChI is InChI=1S/C32H28NOP/c1-24-17-20-31(35-32-23-26(18-19-30(32)34)22-25-11-5-2-6-12-25)29(21-24)33(27-13-7-3-8-14-27)28-15-9-4-10-16-28/h2-21,23,34-35H,22H2,1H3. The molecule has 0 bridgehead atoms. The van der Waals surface area contributed by atoms with Crippen LogP contribution in [-0.4, -0.2) is 5.11 Å². The van der Waals surface area contributed by atoms with Gasteiger partial charge in [0.05, 0.1) is 5.69 Å². The van der Waals surface area contributed by atoms with Crippen LogP contribution in [-0.2, 0) is 6.42 Å². The lowest BCUT2D eigenvalue weighted by atomic mass is 10.1. The Morgan fingerprint density at radius 3 is 1.83 bits per heavy atom. The first-order valence-corrected chi connectivity index (χ1v) is 12.8. The molecule has 0 saturated heterocycles. The molecule has 0 heterocycles. The lowest BCUT2D eigenvalue weighted by molar-refractivity contribution is 0.479. The minimum absolute atomic E-state index is 0.319. The van der Waals surface area contributed by atoms with Gasteiger partial charge in [0, 0.05) is 22.0 Å². The summed E-state index contributed by atoms with van der Waals surface area (Å²) in [6, 6.07) is 44.0. The number of benzene rings is 5. The molecule has 0 fully saturated rings. The van der Waals surface area contributed by atoms with Gasteiger partial charge in [-0.1, -0.05) is 93.5 Å². The maximum Gasteiger partial charge on any atom is 0.123 e. The fourth-order valence-electron chi connectivity index (χ4n) is 4.28. The van der Waals surface area contributed by atoms with E-state index in [9.17, 15) is 5.11 Å². The molecule has 3 heteroatoms. The molecule has 2 nitrogen and oxygen atoms in total. The van der Waals surface area contributed by atoms with Gasteiger partial charge in [0.2, 0.25) is 0 Å². The number of hydrogen-bond acceptors (Lipinski definition) is 2. The molecule has 0 spiro atoms. The monoisotopic (exact) mass is 473 g/mol. The third kappa shape index (κ3) is 5.45. The van der Waals surface area contributed by atoms with E-state index in [1.807, 2.05) is 30.3 Å². The van der Waals surface area contributed by atoms with Crippen LogP contribution < -0.4 is 15.5 Å². The summed E-state index contributed by atoms with van der Waals surface area (Å²) in [4.78, 5) is 2.31. The summed E-state index contributed by atoms with van der Waals surface area (Å²) < 4.78 is 0. The molecule has 35 heavy (non-hydrogen) atoms. The van der Waals surface area contributed by atoms with Gasteiger partial charge in [0.1, 0.15) is 5.75 Å². The number of aromatic hydroxyl groups is 1. The van der Waals surface area contributed by atoms with E-state index in [0.717, 1.165) is 28.8 Å². The molecule has 0 radical (unpaired) electrons. The number of nitrogens with zero attached hydrogens (tertiary/aromatic N) is 1. The summed E-state index contributed by atoms with van der Waals surface area (Å²) in [5.74, 6) is 0.345. The van der Waals surface area contributed by atoms with Crippen molar-refractivity contribution in [3.05, 3.63) is 144 Å². The van der Waals surface area contributed by atoms with Crippen molar-refractivity contribution >= 4 is 36.3 Å². The van der Waals surface area contributed by atoms with Crippen molar-refractivity contribution in [2.45, 2.75) is 13.3 Å². The quantitative estimate of drug-likeness (QED) is 0.249. The highest BCUT2D eigenvalue weighted by molar-refractivity contribution is 7.56. The number of phenols is 1. The van der Waals surface area contributed by atoms with Crippen molar-refractivity contribution < 1.29 is 5.11 Å². The predicted molar refractivity (Wildman–Crippen MR) is 151 cm³/mol. The molecule has 0 aliphatic carbocycles. The van der Waals surface area contributed by atoms with Gasteiger partial charge in [-0.15, -0.1) is 0 Å². The molecule has 1 N–H and O–H groups in total. The highest BCUT2D eigenvalue weighted by Crippen LogP contribution is 2.36. The minimum Gasteiger partial charge on any atom is -0.507 e. The van der Waals surface area contributed by atoms with Crippen LogP contribution in [0, 0.1) is 6.92 Å². The topological polar surface area (TPSA) is 23.5 Å². The second kappa shape index (κ2) is 10.6. The SMILES string of the molecule is Cc1ccc(Pc2cc(Cc3ccccc3)ccc2O)c(N(c2ccccc2)c2ccccc2)c1. The van der Waals surface area contributed by atoms with Crippen molar-refractivity contribution in [3.63, 3.8) is 0 Å². The maximum absolute atomic E-state index is 10.8. The Morgan fingerprint density at radius 1 is 0.600 bits per heavy atom. The normalized spacial score (nSPS) is 11.1. The summed E-state index contributed by atoms with van der Waals surface area (Å²) in [6.07, 6.45) is 0.847. The Morgan fingerprint density at radius 2 is 1.20 bits per heavy atom. The van der Waals surface area contributed by atoms with Crippen molar-refractivity contribution in [1.29, 1.82) is 0 Å². The molecule has 1 unspecified atom stereocenters. The molecular weight excluding hydrogens is 445 g/mol. The number of anilines is 3. The first-order chi connectivity index (χ1) is 17.2. The van der Waals surface area contributed by atoms with E-state index < -0.39 is 0 Å². The first kappa shape index (κ1) is 22.9. The van der Waals surface area contributed by atoms with E-state index in [4.69, 9.17) is 0 Å². The van der Waals surface area contributed by atoms with Crippen LogP contribution in [0.5, 0.6) is 5.75 Å². The highest BCUT2D eigenvalue weighted by atomic mass is 31.1. The smallest absolute Gasteiger partial charge is 0.123 e. The third-order valence-corrected chi connectivity index (χ3v) is 7.37. The molecule has 0 aliphatic heterocycles. The second-order valence-electron chi connectivity index (χ2n) is 8.67. The average molecular weight is 474 g/mol. The van der Waals surface area contributed by atoms with Crippen molar-refractivity contribution in [2.24, 2.45) is 0 Å². The Bertz CT molecular complexity index is 1360. The van der Waals surface area contributed by atoms with Crippen LogP contribution in [0.4, 0.5) is 17.1 Å². The number of phenolic OH excluding ortho intramolecular Hbond substituents is 1. The molecule has 5 rings (SSSR count). The Balaban J connectivity index is 1.56. The van der Waals surface area contributed by atoms with Crippen molar-refractivity contribution in [3.8, 4) is 5.75 Å². The molecular formula is C32H28NOP. The van der Waals surface area contributed by atoms with Gasteiger partial charge in [-0.3, -0.25) is 0 Å². The molecule has 5 aromatic rings. The van der Waals surface area contributed by atoms with Crippen LogP contribution in [0.25, 0.3) is 0 Å². The fourth-order valence-corrected chi connectivity index (χ4v) is 5.52. The predicted octanol–water partition coefficient (Wildman–Crippen LogP) is 7.39. The van der Waals surface area contributed by atoms with Crippen LogP contribution in [0.3, 0.4) is 0 Å².